The Kier molecular flexibility index (Phi) is 1.45. The third-order valence-corrected chi connectivity index (χ3v) is 2.40. The largest absolute Gasteiger partial charge is 0.274 e. The van der Waals surface area contributed by atoms with Crippen LogP contribution in [-0.4, -0.2) is 20.8 Å². The predicted molar refractivity (Wildman–Crippen MR) is 53.6 cm³/mol. The summed E-state index contributed by atoms with van der Waals surface area (Å²) >= 11 is 0. The fourth-order valence-electron chi connectivity index (χ4n) is 1.80. The normalized spacial score (nSPS) is 11.3. The van der Waals surface area contributed by atoms with Gasteiger partial charge in [0.2, 0.25) is 11.6 Å². The molecule has 0 N–H and O–H groups in total. The van der Waals surface area contributed by atoms with Crippen molar-refractivity contribution in [2.75, 3.05) is 0 Å². The van der Waals surface area contributed by atoms with Gasteiger partial charge in [-0.3, -0.25) is 9.36 Å². The van der Waals surface area contributed by atoms with Gasteiger partial charge in [-0.15, -0.1) is 0 Å². The lowest BCUT2D eigenvalue weighted by molar-refractivity contribution is 0.0945. The molecule has 0 radical (unpaired) electrons. The first-order valence-electron chi connectivity index (χ1n) is 4.51. The van der Waals surface area contributed by atoms with Gasteiger partial charge in [0.25, 0.3) is 0 Å². The molecule has 0 saturated carbocycles. The van der Waals surface area contributed by atoms with Gasteiger partial charge in [0.15, 0.2) is 5.52 Å². The van der Waals surface area contributed by atoms with Crippen molar-refractivity contribution in [3.8, 4) is 0 Å². The van der Waals surface area contributed by atoms with Gasteiger partial charge in [-0.2, -0.15) is 0 Å². The van der Waals surface area contributed by atoms with E-state index in [1.807, 2.05) is 24.3 Å². The topological polar surface area (TPSA) is 60.9 Å². The van der Waals surface area contributed by atoms with Crippen LogP contribution in [0, 0.1) is 0 Å². The van der Waals surface area contributed by atoms with E-state index in [1.54, 1.807) is 0 Å². The highest BCUT2D eigenvalue weighted by atomic mass is 16.6. The maximum absolute atomic E-state index is 11.5. The van der Waals surface area contributed by atoms with Crippen molar-refractivity contribution in [3.63, 3.8) is 0 Å². The molecule has 3 rings (SSSR count). The van der Waals surface area contributed by atoms with Crippen LogP contribution in [0.15, 0.2) is 28.9 Å². The Labute approximate surface area is 84.2 Å². The minimum absolute atomic E-state index is 0.100. The second-order valence-corrected chi connectivity index (χ2v) is 3.31. The third kappa shape index (κ3) is 0.942. The molecule has 0 unspecified atom stereocenters. The zero-order valence-electron chi connectivity index (χ0n) is 7.97. The van der Waals surface area contributed by atoms with Gasteiger partial charge in [0.05, 0.1) is 5.52 Å². The summed E-state index contributed by atoms with van der Waals surface area (Å²) in [5.74, 6) is -0.100. The fourth-order valence-corrected chi connectivity index (χ4v) is 1.80. The van der Waals surface area contributed by atoms with E-state index in [9.17, 15) is 4.79 Å². The van der Waals surface area contributed by atoms with Gasteiger partial charge in [-0.25, -0.2) is 4.63 Å². The first-order valence-corrected chi connectivity index (χ1v) is 4.51. The second kappa shape index (κ2) is 2.66. The number of carbonyl (C=O) groups is 1. The fraction of sp³-hybridized carbons (Fsp3) is 0.100. The monoisotopic (exact) mass is 201 g/mol. The molecule has 2 heterocycles. The number of hydrogen-bond donors (Lipinski definition) is 0. The van der Waals surface area contributed by atoms with Crippen LogP contribution in [0.4, 0.5) is 0 Å². The minimum atomic E-state index is -0.100. The molecule has 5 heteroatoms. The molecule has 0 aliphatic carbocycles. The number of nitrogens with zero attached hydrogens (tertiary/aromatic N) is 3. The second-order valence-electron chi connectivity index (χ2n) is 3.31. The van der Waals surface area contributed by atoms with Crippen molar-refractivity contribution < 1.29 is 9.42 Å². The Morgan fingerprint density at radius 3 is 2.93 bits per heavy atom. The Morgan fingerprint density at radius 1 is 1.33 bits per heavy atom. The molecule has 5 nitrogen and oxygen atoms in total. The molecule has 0 aliphatic heterocycles. The van der Waals surface area contributed by atoms with Crippen molar-refractivity contribution in [1.82, 2.24) is 14.9 Å². The summed E-state index contributed by atoms with van der Waals surface area (Å²) in [5, 5.41) is 8.40. The van der Waals surface area contributed by atoms with Crippen LogP contribution in [0.3, 0.4) is 0 Å². The first-order chi connectivity index (χ1) is 7.29. The molecule has 74 valence electrons. The summed E-state index contributed by atoms with van der Waals surface area (Å²) in [7, 11) is 0. The third-order valence-electron chi connectivity index (χ3n) is 2.40. The molecular formula is C10H7N3O2. The molecule has 1 aromatic carbocycles. The van der Waals surface area contributed by atoms with Crippen LogP contribution >= 0.6 is 0 Å². The quantitative estimate of drug-likeness (QED) is 0.556. The van der Waals surface area contributed by atoms with Gasteiger partial charge < -0.3 is 0 Å². The zero-order valence-corrected chi connectivity index (χ0v) is 7.97. The van der Waals surface area contributed by atoms with Crippen LogP contribution in [0.25, 0.3) is 22.1 Å². The van der Waals surface area contributed by atoms with Gasteiger partial charge >= 0.3 is 0 Å². The van der Waals surface area contributed by atoms with E-state index in [-0.39, 0.29) is 5.91 Å². The summed E-state index contributed by atoms with van der Waals surface area (Å²) in [6.07, 6.45) is 0. The lowest BCUT2D eigenvalue weighted by atomic mass is 10.2. The number of carbonyl (C=O) groups excluding carboxylic acids is 1. The van der Waals surface area contributed by atoms with E-state index in [0.717, 1.165) is 10.9 Å². The van der Waals surface area contributed by atoms with Gasteiger partial charge in [-0.05, 0) is 16.4 Å². The standard InChI is InChI=1S/C10H7N3O2/c1-6(14)13-8-5-3-2-4-7(8)9-10(13)12-15-11-9/h2-5H,1H3. The van der Waals surface area contributed by atoms with Crippen LogP contribution in [-0.2, 0) is 0 Å². The maximum Gasteiger partial charge on any atom is 0.229 e. The maximum atomic E-state index is 11.5. The summed E-state index contributed by atoms with van der Waals surface area (Å²) in [5.41, 5.74) is 1.91. The van der Waals surface area contributed by atoms with Crippen LogP contribution in [0.5, 0.6) is 0 Å². The van der Waals surface area contributed by atoms with E-state index >= 15 is 0 Å². The molecule has 3 aromatic rings. The summed E-state index contributed by atoms with van der Waals surface area (Å²) < 4.78 is 6.13. The SMILES string of the molecule is CC(=O)n1c2ccccc2c2nonc21. The first kappa shape index (κ1) is 8.16. The molecule has 0 spiro atoms. The molecule has 0 amide bonds. The molecular weight excluding hydrogens is 194 g/mol. The van der Waals surface area contributed by atoms with Crippen LogP contribution < -0.4 is 0 Å². The number of rotatable bonds is 0. The minimum Gasteiger partial charge on any atom is -0.274 e. The summed E-state index contributed by atoms with van der Waals surface area (Å²) in [4.78, 5) is 11.5. The smallest absolute Gasteiger partial charge is 0.229 e. The van der Waals surface area contributed by atoms with Crippen molar-refractivity contribution in [3.05, 3.63) is 24.3 Å². The highest BCUT2D eigenvalue weighted by Gasteiger charge is 2.16. The molecule has 0 saturated heterocycles. The van der Waals surface area contributed by atoms with Crippen molar-refractivity contribution >= 4 is 28.0 Å². The van der Waals surface area contributed by atoms with E-state index in [2.05, 4.69) is 14.9 Å². The number of hydrogen-bond acceptors (Lipinski definition) is 4. The molecule has 0 bridgehead atoms. The highest BCUT2D eigenvalue weighted by molar-refractivity contribution is 6.09. The van der Waals surface area contributed by atoms with E-state index < -0.39 is 0 Å². The van der Waals surface area contributed by atoms with Crippen molar-refractivity contribution in [1.29, 1.82) is 0 Å². The highest BCUT2D eigenvalue weighted by Crippen LogP contribution is 2.25. The number of fused-ring (bicyclic) bond motifs is 3. The van der Waals surface area contributed by atoms with E-state index in [0.29, 0.717) is 11.2 Å². The molecule has 15 heavy (non-hydrogen) atoms. The Bertz CT molecular complexity index is 665. The average molecular weight is 201 g/mol. The van der Waals surface area contributed by atoms with E-state index in [4.69, 9.17) is 0 Å². The zero-order chi connectivity index (χ0) is 10.4. The van der Waals surface area contributed by atoms with Crippen molar-refractivity contribution in [2.45, 2.75) is 6.92 Å². The van der Waals surface area contributed by atoms with Gasteiger partial charge in [-0.1, -0.05) is 18.2 Å². The summed E-state index contributed by atoms with van der Waals surface area (Å²) in [6, 6.07) is 7.51. The van der Waals surface area contributed by atoms with Crippen LogP contribution in [0.1, 0.15) is 11.7 Å². The van der Waals surface area contributed by atoms with Crippen molar-refractivity contribution in [2.24, 2.45) is 0 Å². The Hall–Kier alpha value is -2.17. The summed E-state index contributed by atoms with van der Waals surface area (Å²) in [6.45, 7) is 1.49. The molecule has 0 atom stereocenters. The van der Waals surface area contributed by atoms with E-state index in [1.165, 1.54) is 11.5 Å². The Balaban J connectivity index is 2.64. The number of para-hydroxylation sites is 1. The number of benzene rings is 1. The van der Waals surface area contributed by atoms with Gasteiger partial charge in [0, 0.05) is 12.3 Å². The lowest BCUT2D eigenvalue weighted by Gasteiger charge is -1.97. The van der Waals surface area contributed by atoms with Crippen LogP contribution in [0.2, 0.25) is 0 Å². The average Bonchev–Trinajstić information content (AvgIpc) is 2.75. The molecule has 0 fully saturated rings. The molecule has 0 aliphatic rings. The van der Waals surface area contributed by atoms with Gasteiger partial charge in [0.1, 0.15) is 0 Å². The Morgan fingerprint density at radius 2 is 2.13 bits per heavy atom. The predicted octanol–water partition coefficient (Wildman–Crippen LogP) is 1.84. The lowest BCUT2D eigenvalue weighted by Crippen LogP contribution is -2.04. The molecule has 2 aromatic heterocycles. The number of aromatic nitrogens is 3.